The quantitative estimate of drug-likeness (QED) is 0.835. The van der Waals surface area contributed by atoms with E-state index in [4.69, 9.17) is 0 Å². The Kier molecular flexibility index (Phi) is 2.95. The molecule has 3 nitrogen and oxygen atoms in total. The van der Waals surface area contributed by atoms with Crippen LogP contribution in [0, 0.1) is 6.92 Å². The molecule has 1 N–H and O–H groups in total. The van der Waals surface area contributed by atoms with Crippen LogP contribution in [0.4, 0.5) is 10.5 Å². The molecule has 15 heavy (non-hydrogen) atoms. The molecule has 1 aliphatic heterocycles. The van der Waals surface area contributed by atoms with Gasteiger partial charge in [0, 0.05) is 17.6 Å². The molecule has 0 spiro atoms. The van der Waals surface area contributed by atoms with Gasteiger partial charge < -0.3 is 5.32 Å². The second kappa shape index (κ2) is 4.23. The van der Waals surface area contributed by atoms with Crippen molar-refractivity contribution < 1.29 is 4.79 Å². The Morgan fingerprint density at radius 2 is 2.27 bits per heavy atom. The summed E-state index contributed by atoms with van der Waals surface area (Å²) in [5.41, 5.74) is 2.11. The van der Waals surface area contributed by atoms with Crippen LogP contribution in [0.3, 0.4) is 0 Å². The highest BCUT2D eigenvalue weighted by atomic mass is 79.9. The van der Waals surface area contributed by atoms with E-state index < -0.39 is 0 Å². The standard InChI is InChI=1S/C11H13BrN2O/c1-8-3-4-9(12)10(7-8)14-6-2-5-13-11(14)15/h3-4,7H,2,5-6H2,1H3,(H,13,15). The number of urea groups is 1. The summed E-state index contributed by atoms with van der Waals surface area (Å²) in [6.07, 6.45) is 0.992. The molecular formula is C11H13BrN2O. The lowest BCUT2D eigenvalue weighted by Gasteiger charge is -2.28. The summed E-state index contributed by atoms with van der Waals surface area (Å²) in [5.74, 6) is 0. The average molecular weight is 269 g/mol. The molecule has 1 saturated heterocycles. The van der Waals surface area contributed by atoms with E-state index in [-0.39, 0.29) is 6.03 Å². The maximum Gasteiger partial charge on any atom is 0.321 e. The maximum atomic E-state index is 11.7. The molecule has 0 radical (unpaired) electrons. The molecule has 80 valence electrons. The maximum absolute atomic E-state index is 11.7. The van der Waals surface area contributed by atoms with E-state index in [0.29, 0.717) is 0 Å². The Hall–Kier alpha value is -1.03. The Balaban J connectivity index is 2.34. The van der Waals surface area contributed by atoms with Gasteiger partial charge in [0.1, 0.15) is 0 Å². The molecule has 0 unspecified atom stereocenters. The van der Waals surface area contributed by atoms with Gasteiger partial charge in [0.05, 0.1) is 5.69 Å². The number of aryl methyl sites for hydroxylation is 1. The number of hydrogen-bond acceptors (Lipinski definition) is 1. The molecule has 0 bridgehead atoms. The lowest BCUT2D eigenvalue weighted by atomic mass is 10.2. The minimum Gasteiger partial charge on any atom is -0.338 e. The molecule has 1 fully saturated rings. The minimum atomic E-state index is -0.00690. The van der Waals surface area contributed by atoms with Crippen molar-refractivity contribution in [3.05, 3.63) is 28.2 Å². The first kappa shape index (κ1) is 10.5. The fourth-order valence-corrected chi connectivity index (χ4v) is 2.15. The second-order valence-corrected chi connectivity index (χ2v) is 4.55. The van der Waals surface area contributed by atoms with Crippen molar-refractivity contribution in [3.8, 4) is 0 Å². The minimum absolute atomic E-state index is 0.00690. The molecule has 0 aromatic heterocycles. The first-order valence-electron chi connectivity index (χ1n) is 5.00. The zero-order valence-corrected chi connectivity index (χ0v) is 10.2. The van der Waals surface area contributed by atoms with Gasteiger partial charge in [-0.2, -0.15) is 0 Å². The molecule has 1 aromatic rings. The average Bonchev–Trinajstić information content (AvgIpc) is 2.23. The molecule has 4 heteroatoms. The number of carbonyl (C=O) groups excluding carboxylic acids is 1. The summed E-state index contributed by atoms with van der Waals surface area (Å²) in [5, 5.41) is 2.84. The zero-order valence-electron chi connectivity index (χ0n) is 8.59. The van der Waals surface area contributed by atoms with Gasteiger partial charge in [-0.15, -0.1) is 0 Å². The van der Waals surface area contributed by atoms with Crippen LogP contribution in [0.15, 0.2) is 22.7 Å². The molecule has 0 atom stereocenters. The van der Waals surface area contributed by atoms with E-state index in [0.717, 1.165) is 35.2 Å². The van der Waals surface area contributed by atoms with Gasteiger partial charge in [0.25, 0.3) is 0 Å². The second-order valence-electron chi connectivity index (χ2n) is 3.69. The van der Waals surface area contributed by atoms with E-state index in [2.05, 4.69) is 21.2 Å². The smallest absolute Gasteiger partial charge is 0.321 e. The van der Waals surface area contributed by atoms with Crippen LogP contribution in [0.1, 0.15) is 12.0 Å². The van der Waals surface area contributed by atoms with Crippen LogP contribution >= 0.6 is 15.9 Å². The van der Waals surface area contributed by atoms with E-state index in [1.165, 1.54) is 0 Å². The number of halogens is 1. The number of nitrogens with zero attached hydrogens (tertiary/aromatic N) is 1. The highest BCUT2D eigenvalue weighted by Crippen LogP contribution is 2.28. The Labute approximate surface area is 97.6 Å². The van der Waals surface area contributed by atoms with Crippen molar-refractivity contribution in [2.45, 2.75) is 13.3 Å². The topological polar surface area (TPSA) is 32.3 Å². The van der Waals surface area contributed by atoms with E-state index in [1.54, 1.807) is 4.90 Å². The summed E-state index contributed by atoms with van der Waals surface area (Å²) >= 11 is 3.47. The van der Waals surface area contributed by atoms with Gasteiger partial charge in [0.15, 0.2) is 0 Å². The van der Waals surface area contributed by atoms with E-state index in [9.17, 15) is 4.79 Å². The van der Waals surface area contributed by atoms with Crippen molar-refractivity contribution in [1.82, 2.24) is 5.32 Å². The van der Waals surface area contributed by atoms with Gasteiger partial charge >= 0.3 is 6.03 Å². The fourth-order valence-electron chi connectivity index (χ4n) is 1.69. The van der Waals surface area contributed by atoms with Gasteiger partial charge in [0.2, 0.25) is 0 Å². The third kappa shape index (κ3) is 2.15. The van der Waals surface area contributed by atoms with Crippen molar-refractivity contribution in [2.75, 3.05) is 18.0 Å². The van der Waals surface area contributed by atoms with Crippen LogP contribution in [-0.4, -0.2) is 19.1 Å². The van der Waals surface area contributed by atoms with Crippen molar-refractivity contribution >= 4 is 27.6 Å². The lowest BCUT2D eigenvalue weighted by Crippen LogP contribution is -2.46. The van der Waals surface area contributed by atoms with Crippen LogP contribution < -0.4 is 10.2 Å². The largest absolute Gasteiger partial charge is 0.338 e. The van der Waals surface area contributed by atoms with Gasteiger partial charge in [-0.25, -0.2) is 4.79 Å². The lowest BCUT2D eigenvalue weighted by molar-refractivity contribution is 0.243. The summed E-state index contributed by atoms with van der Waals surface area (Å²) in [6, 6.07) is 6.02. The number of benzene rings is 1. The first-order chi connectivity index (χ1) is 7.18. The predicted octanol–water partition coefficient (Wildman–Crippen LogP) is 2.68. The van der Waals surface area contributed by atoms with Gasteiger partial charge in [-0.1, -0.05) is 6.07 Å². The monoisotopic (exact) mass is 268 g/mol. The third-order valence-electron chi connectivity index (χ3n) is 2.47. The summed E-state index contributed by atoms with van der Waals surface area (Å²) < 4.78 is 0.963. The van der Waals surface area contributed by atoms with Crippen LogP contribution in [0.2, 0.25) is 0 Å². The molecule has 1 aliphatic rings. The van der Waals surface area contributed by atoms with Crippen LogP contribution in [0.25, 0.3) is 0 Å². The number of anilines is 1. The molecular weight excluding hydrogens is 256 g/mol. The van der Waals surface area contributed by atoms with E-state index >= 15 is 0 Å². The highest BCUT2D eigenvalue weighted by molar-refractivity contribution is 9.10. The Morgan fingerprint density at radius 1 is 1.47 bits per heavy atom. The number of rotatable bonds is 1. The van der Waals surface area contributed by atoms with Crippen LogP contribution in [0.5, 0.6) is 0 Å². The number of carbonyl (C=O) groups is 1. The van der Waals surface area contributed by atoms with Crippen molar-refractivity contribution in [1.29, 1.82) is 0 Å². The summed E-state index contributed by atoms with van der Waals surface area (Å²) in [4.78, 5) is 13.4. The fraction of sp³-hybridized carbons (Fsp3) is 0.364. The highest BCUT2D eigenvalue weighted by Gasteiger charge is 2.20. The number of hydrogen-bond donors (Lipinski definition) is 1. The molecule has 1 aromatic carbocycles. The van der Waals surface area contributed by atoms with Crippen molar-refractivity contribution in [2.24, 2.45) is 0 Å². The van der Waals surface area contributed by atoms with Gasteiger partial charge in [-0.3, -0.25) is 4.90 Å². The molecule has 1 heterocycles. The van der Waals surface area contributed by atoms with Crippen molar-refractivity contribution in [3.63, 3.8) is 0 Å². The molecule has 0 saturated carbocycles. The van der Waals surface area contributed by atoms with Crippen LogP contribution in [-0.2, 0) is 0 Å². The zero-order chi connectivity index (χ0) is 10.8. The Bertz CT molecular complexity index is 392. The predicted molar refractivity (Wildman–Crippen MR) is 64.2 cm³/mol. The van der Waals surface area contributed by atoms with E-state index in [1.807, 2.05) is 25.1 Å². The third-order valence-corrected chi connectivity index (χ3v) is 3.14. The summed E-state index contributed by atoms with van der Waals surface area (Å²) in [6.45, 7) is 3.59. The first-order valence-corrected chi connectivity index (χ1v) is 5.79. The molecule has 2 amide bonds. The number of amides is 2. The Morgan fingerprint density at radius 3 is 3.00 bits per heavy atom. The normalized spacial score (nSPS) is 16.4. The SMILES string of the molecule is Cc1ccc(Br)c(N2CCCNC2=O)c1. The molecule has 2 rings (SSSR count). The van der Waals surface area contributed by atoms with Gasteiger partial charge in [-0.05, 0) is 47.0 Å². The molecule has 0 aliphatic carbocycles. The number of nitrogens with one attached hydrogen (secondary N) is 1. The summed E-state index contributed by atoms with van der Waals surface area (Å²) in [7, 11) is 0.